The maximum Gasteiger partial charge on any atom is 0.314 e. The fourth-order valence-corrected chi connectivity index (χ4v) is 3.49. The lowest BCUT2D eigenvalue weighted by atomic mass is 9.64. The smallest absolute Gasteiger partial charge is 0.314 e. The van der Waals surface area contributed by atoms with Crippen LogP contribution in [0.15, 0.2) is 29.2 Å². The normalized spacial score (nSPS) is 22.0. The van der Waals surface area contributed by atoms with Crippen molar-refractivity contribution >= 4 is 17.7 Å². The Bertz CT molecular complexity index is 447. The number of benzene rings is 1. The van der Waals surface area contributed by atoms with Crippen molar-refractivity contribution in [1.29, 1.82) is 0 Å². The van der Waals surface area contributed by atoms with Gasteiger partial charge in [0.1, 0.15) is 0 Å². The van der Waals surface area contributed by atoms with E-state index in [1.807, 2.05) is 36.0 Å². The summed E-state index contributed by atoms with van der Waals surface area (Å²) in [7, 11) is 0. The minimum absolute atomic E-state index is 0.563. The van der Waals surface area contributed by atoms with Gasteiger partial charge >= 0.3 is 5.97 Å². The van der Waals surface area contributed by atoms with E-state index >= 15 is 0 Å². The number of hydrogen-bond acceptors (Lipinski definition) is 3. The highest BCUT2D eigenvalue weighted by Crippen LogP contribution is 2.44. The molecule has 96 valence electrons. The number of ether oxygens (including phenoxy) is 1. The molecular formula is C14H16O3S. The molecule has 2 aliphatic rings. The van der Waals surface area contributed by atoms with Gasteiger partial charge in [0.2, 0.25) is 0 Å². The van der Waals surface area contributed by atoms with Gasteiger partial charge in [-0.15, -0.1) is 11.8 Å². The molecule has 4 heteroatoms. The largest absolute Gasteiger partial charge is 0.481 e. The third kappa shape index (κ3) is 1.93. The molecule has 2 fully saturated rings. The molecular weight excluding hydrogens is 248 g/mol. The van der Waals surface area contributed by atoms with Crippen LogP contribution < -0.4 is 0 Å². The maximum atomic E-state index is 11.4. The summed E-state index contributed by atoms with van der Waals surface area (Å²) in [5.74, 6) is -0.679. The molecule has 0 bridgehead atoms. The van der Waals surface area contributed by atoms with E-state index in [0.29, 0.717) is 5.25 Å². The standard InChI is InChI=1S/C14H16O3S/c15-13(16)14(6-1-7-14)10-2-4-11(5-3-10)18-12-8-17-9-12/h2-5,12H,1,6-9H2,(H,15,16). The Kier molecular flexibility index (Phi) is 3.08. The van der Waals surface area contributed by atoms with Crippen molar-refractivity contribution in [2.24, 2.45) is 0 Å². The van der Waals surface area contributed by atoms with E-state index in [0.717, 1.165) is 38.0 Å². The van der Waals surface area contributed by atoms with Gasteiger partial charge in [-0.05, 0) is 30.5 Å². The molecule has 1 N–H and O–H groups in total. The Balaban J connectivity index is 1.75. The number of carboxylic acids is 1. The van der Waals surface area contributed by atoms with E-state index in [1.165, 1.54) is 4.90 Å². The molecule has 0 radical (unpaired) electrons. The molecule has 0 aromatic heterocycles. The van der Waals surface area contributed by atoms with Crippen LogP contribution in [-0.4, -0.2) is 29.5 Å². The number of carboxylic acid groups (broad SMARTS) is 1. The Hall–Kier alpha value is -1.00. The average Bonchev–Trinajstić information content (AvgIpc) is 2.23. The Morgan fingerprint density at radius 1 is 1.28 bits per heavy atom. The molecule has 0 amide bonds. The molecule has 1 aliphatic carbocycles. The first-order valence-electron chi connectivity index (χ1n) is 6.29. The summed E-state index contributed by atoms with van der Waals surface area (Å²) in [6.07, 6.45) is 2.55. The molecule has 1 aliphatic heterocycles. The fourth-order valence-electron chi connectivity index (χ4n) is 2.48. The highest BCUT2D eigenvalue weighted by Gasteiger charge is 2.45. The summed E-state index contributed by atoms with van der Waals surface area (Å²) >= 11 is 1.81. The van der Waals surface area contributed by atoms with Crippen LogP contribution >= 0.6 is 11.8 Å². The van der Waals surface area contributed by atoms with E-state index in [-0.39, 0.29) is 0 Å². The summed E-state index contributed by atoms with van der Waals surface area (Å²) in [5, 5.41) is 9.94. The van der Waals surface area contributed by atoms with E-state index < -0.39 is 11.4 Å². The molecule has 3 rings (SSSR count). The van der Waals surface area contributed by atoms with E-state index in [9.17, 15) is 9.90 Å². The van der Waals surface area contributed by atoms with Gasteiger partial charge in [0.15, 0.2) is 0 Å². The van der Waals surface area contributed by atoms with Gasteiger partial charge < -0.3 is 9.84 Å². The minimum Gasteiger partial charge on any atom is -0.481 e. The number of rotatable bonds is 4. The number of carbonyl (C=O) groups is 1. The average molecular weight is 264 g/mol. The van der Waals surface area contributed by atoms with Gasteiger partial charge in [0.25, 0.3) is 0 Å². The first kappa shape index (κ1) is 12.1. The van der Waals surface area contributed by atoms with Crippen molar-refractivity contribution < 1.29 is 14.6 Å². The molecule has 0 atom stereocenters. The van der Waals surface area contributed by atoms with Crippen LogP contribution in [-0.2, 0) is 14.9 Å². The molecule has 1 heterocycles. The molecule has 1 saturated heterocycles. The molecule has 1 aromatic carbocycles. The van der Waals surface area contributed by atoms with Crippen molar-refractivity contribution in [3.05, 3.63) is 29.8 Å². The first-order chi connectivity index (χ1) is 8.71. The second kappa shape index (κ2) is 4.59. The van der Waals surface area contributed by atoms with Gasteiger partial charge in [-0.2, -0.15) is 0 Å². The lowest BCUT2D eigenvalue weighted by molar-refractivity contribution is -0.147. The molecule has 18 heavy (non-hydrogen) atoms. The lowest BCUT2D eigenvalue weighted by Gasteiger charge is -2.38. The van der Waals surface area contributed by atoms with Crippen LogP contribution in [0.5, 0.6) is 0 Å². The summed E-state index contributed by atoms with van der Waals surface area (Å²) < 4.78 is 5.14. The summed E-state index contributed by atoms with van der Waals surface area (Å²) in [4.78, 5) is 12.6. The summed E-state index contributed by atoms with van der Waals surface area (Å²) in [5.41, 5.74) is 0.346. The van der Waals surface area contributed by atoms with Crippen molar-refractivity contribution in [3.63, 3.8) is 0 Å². The van der Waals surface area contributed by atoms with Crippen molar-refractivity contribution in [2.75, 3.05) is 13.2 Å². The molecule has 0 spiro atoms. The van der Waals surface area contributed by atoms with Crippen LogP contribution in [0.3, 0.4) is 0 Å². The third-order valence-electron chi connectivity index (χ3n) is 3.93. The Labute approximate surface area is 111 Å². The van der Waals surface area contributed by atoms with E-state index in [2.05, 4.69) is 0 Å². The van der Waals surface area contributed by atoms with Gasteiger partial charge in [0, 0.05) is 4.90 Å². The van der Waals surface area contributed by atoms with E-state index in [1.54, 1.807) is 0 Å². The molecule has 0 unspecified atom stereocenters. The maximum absolute atomic E-state index is 11.4. The van der Waals surface area contributed by atoms with Crippen molar-refractivity contribution in [3.8, 4) is 0 Å². The zero-order chi connectivity index (χ0) is 12.6. The predicted molar refractivity (Wildman–Crippen MR) is 70.1 cm³/mol. The third-order valence-corrected chi connectivity index (χ3v) is 5.08. The van der Waals surface area contributed by atoms with Crippen LogP contribution in [0.25, 0.3) is 0 Å². The highest BCUT2D eigenvalue weighted by molar-refractivity contribution is 8.00. The lowest BCUT2D eigenvalue weighted by Crippen LogP contribution is -2.42. The molecule has 3 nitrogen and oxygen atoms in total. The molecule has 1 aromatic rings. The van der Waals surface area contributed by atoms with Gasteiger partial charge in [-0.25, -0.2) is 0 Å². The summed E-state index contributed by atoms with van der Waals surface area (Å²) in [6, 6.07) is 8.05. The van der Waals surface area contributed by atoms with Gasteiger partial charge in [-0.1, -0.05) is 18.6 Å². The van der Waals surface area contributed by atoms with Crippen LogP contribution in [0, 0.1) is 0 Å². The number of thioether (sulfide) groups is 1. The second-order valence-corrected chi connectivity index (χ2v) is 6.42. The van der Waals surface area contributed by atoms with Crippen molar-refractivity contribution in [1.82, 2.24) is 0 Å². The Morgan fingerprint density at radius 3 is 2.33 bits per heavy atom. The quantitative estimate of drug-likeness (QED) is 0.908. The molecule has 1 saturated carbocycles. The second-order valence-electron chi connectivity index (χ2n) is 5.04. The first-order valence-corrected chi connectivity index (χ1v) is 7.17. The Morgan fingerprint density at radius 2 is 1.94 bits per heavy atom. The SMILES string of the molecule is O=C(O)C1(c2ccc(SC3COC3)cc2)CCC1. The predicted octanol–water partition coefficient (Wildman–Crippen LogP) is 2.68. The topological polar surface area (TPSA) is 46.5 Å². The van der Waals surface area contributed by atoms with Crippen molar-refractivity contribution in [2.45, 2.75) is 34.8 Å². The zero-order valence-corrected chi connectivity index (χ0v) is 10.9. The zero-order valence-electron chi connectivity index (χ0n) is 10.1. The van der Waals surface area contributed by atoms with Crippen LogP contribution in [0.1, 0.15) is 24.8 Å². The van der Waals surface area contributed by atoms with Crippen LogP contribution in [0.4, 0.5) is 0 Å². The van der Waals surface area contributed by atoms with Crippen LogP contribution in [0.2, 0.25) is 0 Å². The van der Waals surface area contributed by atoms with Gasteiger partial charge in [0.05, 0.1) is 23.9 Å². The highest BCUT2D eigenvalue weighted by atomic mass is 32.2. The fraction of sp³-hybridized carbons (Fsp3) is 0.500. The number of aliphatic carboxylic acids is 1. The summed E-state index contributed by atoms with van der Waals surface area (Å²) in [6.45, 7) is 1.65. The monoisotopic (exact) mass is 264 g/mol. The number of hydrogen-bond donors (Lipinski definition) is 1. The van der Waals surface area contributed by atoms with Gasteiger partial charge in [-0.3, -0.25) is 4.79 Å². The minimum atomic E-state index is -0.679. The van der Waals surface area contributed by atoms with E-state index in [4.69, 9.17) is 4.74 Å².